The summed E-state index contributed by atoms with van der Waals surface area (Å²) in [5.74, 6) is -0.284. The molecule has 0 unspecified atom stereocenters. The van der Waals surface area contributed by atoms with Gasteiger partial charge in [-0.2, -0.15) is 13.2 Å². The molecule has 1 aromatic rings. The minimum atomic E-state index is -4.36. The SMILES string of the molecule is COSc1c(C(C)C)cc(C(C)C)c(C(F)(F)F)c1C(C)C. The maximum absolute atomic E-state index is 13.7. The van der Waals surface area contributed by atoms with Crippen LogP contribution in [0, 0.1) is 0 Å². The molecule has 0 atom stereocenters. The molecule has 1 aromatic carbocycles. The average Bonchev–Trinajstić information content (AvgIpc) is 2.35. The largest absolute Gasteiger partial charge is 0.417 e. The molecular formula is C17H25F3OS. The number of alkyl halides is 3. The highest BCUT2D eigenvalue weighted by Gasteiger charge is 2.39. The monoisotopic (exact) mass is 334 g/mol. The average molecular weight is 334 g/mol. The lowest BCUT2D eigenvalue weighted by Gasteiger charge is -2.27. The molecule has 0 fully saturated rings. The third-order valence-corrected chi connectivity index (χ3v) is 4.44. The summed E-state index contributed by atoms with van der Waals surface area (Å²) in [6.45, 7) is 11.2. The molecule has 0 aliphatic heterocycles. The van der Waals surface area contributed by atoms with Gasteiger partial charge in [0.05, 0.1) is 12.7 Å². The normalized spacial score (nSPS) is 12.8. The molecule has 0 bridgehead atoms. The summed E-state index contributed by atoms with van der Waals surface area (Å²) in [6, 6.07) is 1.71. The van der Waals surface area contributed by atoms with Crippen molar-refractivity contribution in [3.05, 3.63) is 28.3 Å². The Kier molecular flexibility index (Phi) is 6.39. The van der Waals surface area contributed by atoms with Crippen LogP contribution in [0.5, 0.6) is 0 Å². The second-order valence-electron chi connectivity index (χ2n) is 6.38. The summed E-state index contributed by atoms with van der Waals surface area (Å²) in [6.07, 6.45) is -4.36. The van der Waals surface area contributed by atoms with Crippen LogP contribution in [0.25, 0.3) is 0 Å². The molecule has 0 saturated heterocycles. The maximum Gasteiger partial charge on any atom is 0.417 e. The van der Waals surface area contributed by atoms with E-state index in [1.807, 2.05) is 27.7 Å². The van der Waals surface area contributed by atoms with E-state index in [0.29, 0.717) is 16.0 Å². The standard InChI is InChI=1S/C17H25F3OS/c1-9(2)12-8-13(10(3)4)16(22-21-7)14(11(5)6)15(12)17(18,19)20/h8-11H,1-7H3. The summed E-state index contributed by atoms with van der Waals surface area (Å²) < 4.78 is 46.3. The Labute approximate surface area is 135 Å². The van der Waals surface area contributed by atoms with E-state index >= 15 is 0 Å². The van der Waals surface area contributed by atoms with Crippen LogP contribution in [0.15, 0.2) is 11.0 Å². The van der Waals surface area contributed by atoms with Gasteiger partial charge in [0.1, 0.15) is 0 Å². The maximum atomic E-state index is 13.7. The van der Waals surface area contributed by atoms with Gasteiger partial charge < -0.3 is 4.18 Å². The van der Waals surface area contributed by atoms with Crippen molar-refractivity contribution in [1.82, 2.24) is 0 Å². The van der Waals surface area contributed by atoms with E-state index in [-0.39, 0.29) is 17.8 Å². The molecule has 0 spiro atoms. The first kappa shape index (κ1) is 19.4. The fourth-order valence-corrected chi connectivity index (χ4v) is 3.64. The van der Waals surface area contributed by atoms with Gasteiger partial charge in [0.25, 0.3) is 0 Å². The topological polar surface area (TPSA) is 9.23 Å². The molecule has 5 heteroatoms. The van der Waals surface area contributed by atoms with Gasteiger partial charge >= 0.3 is 6.18 Å². The zero-order valence-corrected chi connectivity index (χ0v) is 15.1. The van der Waals surface area contributed by atoms with E-state index in [9.17, 15) is 13.2 Å². The molecule has 0 saturated carbocycles. The van der Waals surface area contributed by atoms with Crippen molar-refractivity contribution < 1.29 is 17.4 Å². The van der Waals surface area contributed by atoms with E-state index in [2.05, 4.69) is 0 Å². The van der Waals surface area contributed by atoms with Crippen molar-refractivity contribution in [2.24, 2.45) is 0 Å². The Morgan fingerprint density at radius 1 is 0.909 bits per heavy atom. The number of rotatable bonds is 5. The van der Waals surface area contributed by atoms with E-state index in [0.717, 1.165) is 17.6 Å². The fourth-order valence-electron chi connectivity index (χ4n) is 2.66. The van der Waals surface area contributed by atoms with E-state index in [4.69, 9.17) is 4.18 Å². The van der Waals surface area contributed by atoms with Crippen molar-refractivity contribution in [3.8, 4) is 0 Å². The van der Waals surface area contributed by atoms with Gasteiger partial charge in [-0.1, -0.05) is 47.6 Å². The van der Waals surface area contributed by atoms with Crippen molar-refractivity contribution in [2.75, 3.05) is 7.11 Å². The predicted molar refractivity (Wildman–Crippen MR) is 86.6 cm³/mol. The van der Waals surface area contributed by atoms with Crippen LogP contribution in [-0.4, -0.2) is 7.11 Å². The third kappa shape index (κ3) is 3.99. The van der Waals surface area contributed by atoms with E-state index in [1.54, 1.807) is 19.9 Å². The predicted octanol–water partition coefficient (Wildman–Crippen LogP) is 6.73. The van der Waals surface area contributed by atoms with Crippen molar-refractivity contribution >= 4 is 12.0 Å². The first-order valence-corrected chi connectivity index (χ1v) is 8.25. The van der Waals surface area contributed by atoms with Crippen LogP contribution in [0.2, 0.25) is 0 Å². The molecular weight excluding hydrogens is 309 g/mol. The van der Waals surface area contributed by atoms with Crippen LogP contribution in [-0.2, 0) is 10.4 Å². The summed E-state index contributed by atoms with van der Waals surface area (Å²) in [4.78, 5) is 0.615. The molecule has 0 radical (unpaired) electrons. The number of hydrogen-bond donors (Lipinski definition) is 0. The Morgan fingerprint density at radius 3 is 1.73 bits per heavy atom. The van der Waals surface area contributed by atoms with Gasteiger partial charge in [-0.25, -0.2) is 0 Å². The van der Waals surface area contributed by atoms with Gasteiger partial charge in [0, 0.05) is 16.9 Å². The number of hydrogen-bond acceptors (Lipinski definition) is 2. The highest BCUT2D eigenvalue weighted by molar-refractivity contribution is 7.94. The van der Waals surface area contributed by atoms with Crippen LogP contribution < -0.4 is 0 Å². The lowest BCUT2D eigenvalue weighted by atomic mass is 9.84. The molecule has 0 amide bonds. The minimum Gasteiger partial charge on any atom is -0.314 e. The molecule has 0 aliphatic carbocycles. The Balaban J connectivity index is 3.91. The zero-order valence-electron chi connectivity index (χ0n) is 14.3. The van der Waals surface area contributed by atoms with Gasteiger partial charge in [-0.3, -0.25) is 0 Å². The van der Waals surface area contributed by atoms with Gasteiger partial charge in [-0.05, 0) is 34.4 Å². The van der Waals surface area contributed by atoms with Crippen LogP contribution in [0.3, 0.4) is 0 Å². The van der Waals surface area contributed by atoms with E-state index < -0.39 is 11.7 Å². The quantitative estimate of drug-likeness (QED) is 0.552. The summed E-state index contributed by atoms with van der Waals surface area (Å²) in [5.41, 5.74) is 1.17. The van der Waals surface area contributed by atoms with Gasteiger partial charge in [0.2, 0.25) is 0 Å². The number of benzene rings is 1. The highest BCUT2D eigenvalue weighted by Crippen LogP contribution is 2.47. The molecule has 0 N–H and O–H groups in total. The highest BCUT2D eigenvalue weighted by atomic mass is 32.2. The minimum absolute atomic E-state index is 0.134. The second kappa shape index (κ2) is 7.26. The lowest BCUT2D eigenvalue weighted by Crippen LogP contribution is -2.17. The molecule has 0 heterocycles. The van der Waals surface area contributed by atoms with Crippen molar-refractivity contribution in [3.63, 3.8) is 0 Å². The molecule has 0 aliphatic rings. The fraction of sp³-hybridized carbons (Fsp3) is 0.647. The van der Waals surface area contributed by atoms with Gasteiger partial charge in [-0.15, -0.1) is 0 Å². The van der Waals surface area contributed by atoms with Crippen LogP contribution in [0.4, 0.5) is 13.2 Å². The van der Waals surface area contributed by atoms with E-state index in [1.165, 1.54) is 7.11 Å². The zero-order chi connectivity index (χ0) is 17.2. The first-order chi connectivity index (χ1) is 10.0. The van der Waals surface area contributed by atoms with Crippen LogP contribution in [0.1, 0.15) is 81.5 Å². The Morgan fingerprint density at radius 2 is 1.41 bits per heavy atom. The molecule has 1 rings (SSSR count). The molecule has 22 heavy (non-hydrogen) atoms. The smallest absolute Gasteiger partial charge is 0.314 e. The van der Waals surface area contributed by atoms with Crippen LogP contribution >= 0.6 is 12.0 Å². The van der Waals surface area contributed by atoms with Crippen molar-refractivity contribution in [2.45, 2.75) is 70.4 Å². The third-order valence-electron chi connectivity index (χ3n) is 3.65. The van der Waals surface area contributed by atoms with Gasteiger partial charge in [0.15, 0.2) is 0 Å². The Bertz CT molecular complexity index is 520. The first-order valence-electron chi connectivity index (χ1n) is 7.50. The Hall–Kier alpha value is -0.680. The number of halogens is 3. The molecule has 1 nitrogen and oxygen atoms in total. The second-order valence-corrected chi connectivity index (χ2v) is 7.29. The van der Waals surface area contributed by atoms with Crippen molar-refractivity contribution in [1.29, 1.82) is 0 Å². The summed E-state index contributed by atoms with van der Waals surface area (Å²) in [5, 5.41) is 0. The summed E-state index contributed by atoms with van der Waals surface area (Å²) in [7, 11) is 1.49. The lowest BCUT2D eigenvalue weighted by molar-refractivity contribution is -0.139. The molecule has 0 aromatic heterocycles. The molecule has 126 valence electrons. The summed E-state index contributed by atoms with van der Waals surface area (Å²) >= 11 is 1.04.